The van der Waals surface area contributed by atoms with Crippen molar-refractivity contribution in [2.45, 2.75) is 52.2 Å². The summed E-state index contributed by atoms with van der Waals surface area (Å²) in [5.41, 5.74) is 5.93. The smallest absolute Gasteiger partial charge is 0.177 e. The highest BCUT2D eigenvalue weighted by molar-refractivity contribution is 7.19. The molecule has 0 radical (unpaired) electrons. The molecule has 1 aliphatic heterocycles. The lowest BCUT2D eigenvalue weighted by atomic mass is 9.94. The number of anilines is 2. The number of piperidine rings is 1. The highest BCUT2D eigenvalue weighted by Gasteiger charge is 2.31. The van der Waals surface area contributed by atoms with Gasteiger partial charge in [0.2, 0.25) is 0 Å². The molecule has 0 atom stereocenters. The van der Waals surface area contributed by atoms with Gasteiger partial charge in [0.1, 0.15) is 5.00 Å². The number of hydrogen-bond donors (Lipinski definition) is 2. The number of rotatable bonds is 4. The zero-order valence-electron chi connectivity index (χ0n) is 13.1. The fraction of sp³-hybridized carbons (Fsp3) is 0.667. The van der Waals surface area contributed by atoms with Gasteiger partial charge in [-0.1, -0.05) is 0 Å². The van der Waals surface area contributed by atoms with Crippen LogP contribution in [0.25, 0.3) is 0 Å². The maximum Gasteiger partial charge on any atom is 0.177 e. The van der Waals surface area contributed by atoms with E-state index < -0.39 is 5.60 Å². The maximum atomic E-state index is 11.7. The Balaban J connectivity index is 2.33. The standard InChI is InChI=1S/C15H24N2O3S/c1-9(2)20-12-11(16)13(10(3)18)21-14(12)17-7-5-15(4,19)6-8-17/h9,19H,5-8,16H2,1-4H3. The van der Waals surface area contributed by atoms with Crippen molar-refractivity contribution in [3.05, 3.63) is 4.88 Å². The van der Waals surface area contributed by atoms with Gasteiger partial charge in [-0.25, -0.2) is 0 Å². The normalized spacial score (nSPS) is 18.1. The van der Waals surface area contributed by atoms with E-state index in [9.17, 15) is 9.90 Å². The number of aliphatic hydroxyl groups is 1. The van der Waals surface area contributed by atoms with Crippen molar-refractivity contribution in [1.82, 2.24) is 0 Å². The molecule has 2 rings (SSSR count). The molecule has 0 unspecified atom stereocenters. The molecule has 3 N–H and O–H groups in total. The first-order valence-electron chi connectivity index (χ1n) is 7.28. The van der Waals surface area contributed by atoms with Gasteiger partial charge in [-0.15, -0.1) is 11.3 Å². The summed E-state index contributed by atoms with van der Waals surface area (Å²) in [7, 11) is 0. The van der Waals surface area contributed by atoms with Crippen LogP contribution < -0.4 is 15.4 Å². The molecule has 0 saturated carbocycles. The first kappa shape index (κ1) is 16.1. The van der Waals surface area contributed by atoms with Gasteiger partial charge in [0.05, 0.1) is 22.3 Å². The Morgan fingerprint density at radius 1 is 1.43 bits per heavy atom. The van der Waals surface area contributed by atoms with Gasteiger partial charge in [-0.2, -0.15) is 0 Å². The zero-order chi connectivity index (χ0) is 15.8. The predicted octanol–water partition coefficient (Wildman–Crippen LogP) is 2.67. The Morgan fingerprint density at radius 3 is 2.48 bits per heavy atom. The molecular weight excluding hydrogens is 288 g/mol. The van der Waals surface area contributed by atoms with Crippen LogP contribution in [0, 0.1) is 0 Å². The highest BCUT2D eigenvalue weighted by Crippen LogP contribution is 2.46. The van der Waals surface area contributed by atoms with E-state index in [1.165, 1.54) is 18.3 Å². The van der Waals surface area contributed by atoms with Crippen molar-refractivity contribution in [3.8, 4) is 5.75 Å². The topological polar surface area (TPSA) is 75.8 Å². The van der Waals surface area contributed by atoms with Crippen LogP contribution in [0.1, 0.15) is 50.2 Å². The molecule has 6 heteroatoms. The van der Waals surface area contributed by atoms with Crippen LogP contribution in [0.15, 0.2) is 0 Å². The molecule has 0 aliphatic carbocycles. The first-order valence-corrected chi connectivity index (χ1v) is 8.10. The summed E-state index contributed by atoms with van der Waals surface area (Å²) < 4.78 is 5.84. The maximum absolute atomic E-state index is 11.7. The van der Waals surface area contributed by atoms with Crippen LogP contribution >= 0.6 is 11.3 Å². The zero-order valence-corrected chi connectivity index (χ0v) is 13.9. The first-order chi connectivity index (χ1) is 9.71. The summed E-state index contributed by atoms with van der Waals surface area (Å²) in [4.78, 5) is 14.4. The number of nitrogen functional groups attached to an aromatic ring is 1. The molecule has 21 heavy (non-hydrogen) atoms. The lowest BCUT2D eigenvalue weighted by Crippen LogP contribution is -2.42. The molecule has 1 aromatic heterocycles. The second-order valence-corrected chi connectivity index (χ2v) is 7.18. The van der Waals surface area contributed by atoms with E-state index in [0.717, 1.165) is 18.1 Å². The van der Waals surface area contributed by atoms with Crippen LogP contribution in [-0.4, -0.2) is 35.7 Å². The van der Waals surface area contributed by atoms with Crippen molar-refractivity contribution >= 4 is 27.8 Å². The van der Waals surface area contributed by atoms with Gasteiger partial charge in [0.15, 0.2) is 11.5 Å². The number of hydrogen-bond acceptors (Lipinski definition) is 6. The summed E-state index contributed by atoms with van der Waals surface area (Å²) in [5.74, 6) is 0.572. The van der Waals surface area contributed by atoms with E-state index in [2.05, 4.69) is 4.90 Å². The van der Waals surface area contributed by atoms with Gasteiger partial charge in [0.25, 0.3) is 0 Å². The molecule has 1 aliphatic rings. The monoisotopic (exact) mass is 312 g/mol. The van der Waals surface area contributed by atoms with Crippen molar-refractivity contribution in [1.29, 1.82) is 0 Å². The second-order valence-electron chi connectivity index (χ2n) is 6.19. The lowest BCUT2D eigenvalue weighted by Gasteiger charge is -2.36. The molecule has 2 heterocycles. The minimum atomic E-state index is -0.609. The van der Waals surface area contributed by atoms with Gasteiger partial charge in [0, 0.05) is 20.0 Å². The van der Waals surface area contributed by atoms with E-state index in [0.29, 0.717) is 29.2 Å². The van der Waals surface area contributed by atoms with Crippen LogP contribution in [-0.2, 0) is 0 Å². The van der Waals surface area contributed by atoms with Crippen LogP contribution in [0.2, 0.25) is 0 Å². The summed E-state index contributed by atoms with van der Waals surface area (Å²) in [5, 5.41) is 11.0. The van der Waals surface area contributed by atoms with E-state index in [1.54, 1.807) is 0 Å². The molecule has 1 fully saturated rings. The molecular formula is C15H24N2O3S. The number of ether oxygens (including phenoxy) is 1. The van der Waals surface area contributed by atoms with Crippen LogP contribution in [0.3, 0.4) is 0 Å². The van der Waals surface area contributed by atoms with Crippen LogP contribution in [0.5, 0.6) is 5.75 Å². The minimum absolute atomic E-state index is 0.00615. The number of carbonyl (C=O) groups excluding carboxylic acids is 1. The lowest BCUT2D eigenvalue weighted by molar-refractivity contribution is 0.0351. The summed E-state index contributed by atoms with van der Waals surface area (Å²) in [6, 6.07) is 0. The Hall–Kier alpha value is -1.27. The molecule has 5 nitrogen and oxygen atoms in total. The summed E-state index contributed by atoms with van der Waals surface area (Å²) in [6.45, 7) is 8.73. The van der Waals surface area contributed by atoms with Crippen molar-refractivity contribution < 1.29 is 14.6 Å². The Labute approximate surface area is 129 Å². The van der Waals surface area contributed by atoms with Crippen LogP contribution in [0.4, 0.5) is 10.7 Å². The molecule has 118 valence electrons. The van der Waals surface area contributed by atoms with E-state index in [4.69, 9.17) is 10.5 Å². The third kappa shape index (κ3) is 3.49. The van der Waals surface area contributed by atoms with E-state index >= 15 is 0 Å². The molecule has 0 bridgehead atoms. The third-order valence-corrected chi connectivity index (χ3v) is 5.03. The minimum Gasteiger partial charge on any atom is -0.486 e. The number of Topliss-reactive ketones (excluding diaryl/α,β-unsaturated/α-hetero) is 1. The Kier molecular flexibility index (Phi) is 4.49. The Morgan fingerprint density at radius 2 is 2.00 bits per heavy atom. The van der Waals surface area contributed by atoms with Crippen molar-refractivity contribution in [2.24, 2.45) is 0 Å². The molecule has 0 aromatic carbocycles. The number of nitrogens with zero attached hydrogens (tertiary/aromatic N) is 1. The van der Waals surface area contributed by atoms with Gasteiger partial charge < -0.3 is 20.5 Å². The highest BCUT2D eigenvalue weighted by atomic mass is 32.1. The Bertz CT molecular complexity index is 527. The SMILES string of the molecule is CC(=O)c1sc(N2CCC(C)(O)CC2)c(OC(C)C)c1N. The second kappa shape index (κ2) is 5.85. The molecule has 0 amide bonds. The average molecular weight is 312 g/mol. The number of nitrogens with two attached hydrogens (primary N) is 1. The van der Waals surface area contributed by atoms with Crippen molar-refractivity contribution in [3.63, 3.8) is 0 Å². The van der Waals surface area contributed by atoms with Gasteiger partial charge in [-0.05, 0) is 33.6 Å². The summed E-state index contributed by atoms with van der Waals surface area (Å²) in [6.07, 6.45) is 1.39. The largest absolute Gasteiger partial charge is 0.486 e. The fourth-order valence-electron chi connectivity index (χ4n) is 2.43. The molecule has 1 aromatic rings. The number of ketones is 1. The number of carbonyl (C=O) groups is 1. The fourth-order valence-corrected chi connectivity index (χ4v) is 3.53. The average Bonchev–Trinajstić information content (AvgIpc) is 2.67. The summed E-state index contributed by atoms with van der Waals surface area (Å²) >= 11 is 1.39. The van der Waals surface area contributed by atoms with Crippen molar-refractivity contribution in [2.75, 3.05) is 23.7 Å². The van der Waals surface area contributed by atoms with Gasteiger partial charge >= 0.3 is 0 Å². The van der Waals surface area contributed by atoms with Gasteiger partial charge in [-0.3, -0.25) is 4.79 Å². The van der Waals surface area contributed by atoms with E-state index in [1.807, 2.05) is 20.8 Å². The molecule has 1 saturated heterocycles. The quantitative estimate of drug-likeness (QED) is 0.836. The van der Waals surface area contributed by atoms with E-state index in [-0.39, 0.29) is 11.9 Å². The predicted molar refractivity (Wildman–Crippen MR) is 86.6 cm³/mol. The number of thiophene rings is 1. The third-order valence-electron chi connectivity index (χ3n) is 3.68. The molecule has 0 spiro atoms.